The summed E-state index contributed by atoms with van der Waals surface area (Å²) in [6, 6.07) is 5.95. The zero-order chi connectivity index (χ0) is 11.7. The standard InChI is InChI=1S/C12H14BrClO2/c1-7-5-8(3-4-9(7)13)16-11-6-10(14)12(11)15-2/h3-5,10-12H,6H2,1-2H3. The monoisotopic (exact) mass is 304 g/mol. The average molecular weight is 306 g/mol. The Hall–Kier alpha value is -0.250. The molecule has 1 aliphatic carbocycles. The van der Waals surface area contributed by atoms with Crippen LogP contribution in [0, 0.1) is 6.92 Å². The van der Waals surface area contributed by atoms with Crippen molar-refractivity contribution in [3.8, 4) is 5.75 Å². The zero-order valence-corrected chi connectivity index (χ0v) is 11.6. The number of alkyl halides is 1. The van der Waals surface area contributed by atoms with Crippen LogP contribution in [-0.2, 0) is 4.74 Å². The number of benzene rings is 1. The second-order valence-corrected chi connectivity index (χ2v) is 5.43. The molecule has 0 saturated heterocycles. The van der Waals surface area contributed by atoms with Gasteiger partial charge in [0.15, 0.2) is 0 Å². The summed E-state index contributed by atoms with van der Waals surface area (Å²) in [6.45, 7) is 2.04. The van der Waals surface area contributed by atoms with Crippen molar-refractivity contribution < 1.29 is 9.47 Å². The van der Waals surface area contributed by atoms with E-state index in [1.807, 2.05) is 25.1 Å². The fraction of sp³-hybridized carbons (Fsp3) is 0.500. The lowest BCUT2D eigenvalue weighted by Crippen LogP contribution is -2.52. The quantitative estimate of drug-likeness (QED) is 0.795. The summed E-state index contributed by atoms with van der Waals surface area (Å²) >= 11 is 9.48. The Kier molecular flexibility index (Phi) is 3.77. The molecular weight excluding hydrogens is 291 g/mol. The highest BCUT2D eigenvalue weighted by Crippen LogP contribution is 2.33. The predicted octanol–water partition coefficient (Wildman–Crippen LogP) is 3.53. The molecule has 0 aromatic heterocycles. The van der Waals surface area contributed by atoms with E-state index < -0.39 is 0 Å². The van der Waals surface area contributed by atoms with Crippen molar-refractivity contribution in [3.05, 3.63) is 28.2 Å². The molecule has 4 heteroatoms. The maximum absolute atomic E-state index is 6.02. The Labute approximate surface area is 109 Å². The van der Waals surface area contributed by atoms with Crippen LogP contribution in [0.2, 0.25) is 0 Å². The van der Waals surface area contributed by atoms with E-state index in [4.69, 9.17) is 21.1 Å². The second kappa shape index (κ2) is 4.94. The van der Waals surface area contributed by atoms with Gasteiger partial charge in [-0.25, -0.2) is 0 Å². The van der Waals surface area contributed by atoms with Crippen LogP contribution in [0.4, 0.5) is 0 Å². The number of hydrogen-bond acceptors (Lipinski definition) is 2. The largest absolute Gasteiger partial charge is 0.488 e. The van der Waals surface area contributed by atoms with Gasteiger partial charge >= 0.3 is 0 Å². The lowest BCUT2D eigenvalue weighted by molar-refractivity contribution is -0.0583. The number of halogens is 2. The smallest absolute Gasteiger partial charge is 0.128 e. The molecule has 0 amide bonds. The summed E-state index contributed by atoms with van der Waals surface area (Å²) in [7, 11) is 1.67. The van der Waals surface area contributed by atoms with Crippen molar-refractivity contribution in [1.82, 2.24) is 0 Å². The molecule has 1 aliphatic rings. The lowest BCUT2D eigenvalue weighted by atomic mass is 9.91. The molecule has 2 rings (SSSR count). The first kappa shape index (κ1) is 12.2. The Morgan fingerprint density at radius 3 is 2.75 bits per heavy atom. The number of ether oxygens (including phenoxy) is 2. The molecule has 1 saturated carbocycles. The molecule has 1 aromatic rings. The van der Waals surface area contributed by atoms with Gasteiger partial charge in [-0.2, -0.15) is 0 Å². The summed E-state index contributed by atoms with van der Waals surface area (Å²) in [4.78, 5) is 0. The Balaban J connectivity index is 2.02. The minimum Gasteiger partial charge on any atom is -0.488 e. The first-order chi connectivity index (χ1) is 7.61. The molecule has 0 N–H and O–H groups in total. The summed E-state index contributed by atoms with van der Waals surface area (Å²) < 4.78 is 12.2. The van der Waals surface area contributed by atoms with Crippen molar-refractivity contribution >= 4 is 27.5 Å². The van der Waals surface area contributed by atoms with E-state index in [0.717, 1.165) is 22.2 Å². The van der Waals surface area contributed by atoms with Crippen LogP contribution in [0.25, 0.3) is 0 Å². The Bertz CT molecular complexity index is 383. The van der Waals surface area contributed by atoms with Crippen LogP contribution < -0.4 is 4.74 Å². The third-order valence-electron chi connectivity index (χ3n) is 2.87. The fourth-order valence-corrected chi connectivity index (χ4v) is 2.49. The van der Waals surface area contributed by atoms with E-state index in [2.05, 4.69) is 15.9 Å². The van der Waals surface area contributed by atoms with Crippen molar-refractivity contribution in [2.24, 2.45) is 0 Å². The van der Waals surface area contributed by atoms with Crippen LogP contribution >= 0.6 is 27.5 Å². The van der Waals surface area contributed by atoms with E-state index in [1.54, 1.807) is 7.11 Å². The normalized spacial score (nSPS) is 28.6. The molecule has 1 aromatic carbocycles. The highest BCUT2D eigenvalue weighted by Gasteiger charge is 2.42. The van der Waals surface area contributed by atoms with Crippen molar-refractivity contribution in [3.63, 3.8) is 0 Å². The fourth-order valence-electron chi connectivity index (χ4n) is 1.81. The van der Waals surface area contributed by atoms with Crippen LogP contribution in [0.3, 0.4) is 0 Å². The number of rotatable bonds is 3. The second-order valence-electron chi connectivity index (χ2n) is 4.02. The highest BCUT2D eigenvalue weighted by molar-refractivity contribution is 9.10. The molecule has 0 radical (unpaired) electrons. The third kappa shape index (κ3) is 2.36. The first-order valence-electron chi connectivity index (χ1n) is 5.21. The Morgan fingerprint density at radius 1 is 1.44 bits per heavy atom. The van der Waals surface area contributed by atoms with Gasteiger partial charge in [0.2, 0.25) is 0 Å². The van der Waals surface area contributed by atoms with Gasteiger partial charge in [-0.05, 0) is 30.7 Å². The van der Waals surface area contributed by atoms with Gasteiger partial charge in [0.05, 0.1) is 5.38 Å². The van der Waals surface area contributed by atoms with Gasteiger partial charge in [-0.3, -0.25) is 0 Å². The van der Waals surface area contributed by atoms with Gasteiger partial charge in [-0.1, -0.05) is 15.9 Å². The third-order valence-corrected chi connectivity index (χ3v) is 4.19. The summed E-state index contributed by atoms with van der Waals surface area (Å²) in [5, 5.41) is 0.0755. The molecule has 1 fully saturated rings. The van der Waals surface area contributed by atoms with Crippen LogP contribution in [0.15, 0.2) is 22.7 Å². The van der Waals surface area contributed by atoms with Gasteiger partial charge in [0, 0.05) is 18.0 Å². The predicted molar refractivity (Wildman–Crippen MR) is 68.4 cm³/mol. The summed E-state index contributed by atoms with van der Waals surface area (Å²) in [5.41, 5.74) is 1.16. The number of aryl methyl sites for hydroxylation is 1. The van der Waals surface area contributed by atoms with Crippen molar-refractivity contribution in [2.45, 2.75) is 30.9 Å². The topological polar surface area (TPSA) is 18.5 Å². The average Bonchev–Trinajstić information content (AvgIpc) is 2.23. The molecule has 88 valence electrons. The SMILES string of the molecule is COC1C(Cl)CC1Oc1ccc(Br)c(C)c1. The van der Waals surface area contributed by atoms with Crippen molar-refractivity contribution in [1.29, 1.82) is 0 Å². The molecule has 3 atom stereocenters. The molecule has 16 heavy (non-hydrogen) atoms. The molecule has 0 spiro atoms. The number of hydrogen-bond donors (Lipinski definition) is 0. The maximum atomic E-state index is 6.02. The van der Waals surface area contributed by atoms with E-state index >= 15 is 0 Å². The van der Waals surface area contributed by atoms with Crippen LogP contribution in [0.5, 0.6) is 5.75 Å². The first-order valence-corrected chi connectivity index (χ1v) is 6.44. The molecule has 2 nitrogen and oxygen atoms in total. The maximum Gasteiger partial charge on any atom is 0.128 e. The van der Waals surface area contributed by atoms with Gasteiger partial charge < -0.3 is 9.47 Å². The van der Waals surface area contributed by atoms with Gasteiger partial charge in [-0.15, -0.1) is 11.6 Å². The highest BCUT2D eigenvalue weighted by atomic mass is 79.9. The van der Waals surface area contributed by atoms with Crippen LogP contribution in [0.1, 0.15) is 12.0 Å². The van der Waals surface area contributed by atoms with E-state index in [9.17, 15) is 0 Å². The van der Waals surface area contributed by atoms with E-state index in [0.29, 0.717) is 0 Å². The van der Waals surface area contributed by atoms with Gasteiger partial charge in [0.1, 0.15) is 18.0 Å². The van der Waals surface area contributed by atoms with Crippen molar-refractivity contribution in [2.75, 3.05) is 7.11 Å². The lowest BCUT2D eigenvalue weighted by Gasteiger charge is -2.39. The minimum absolute atomic E-state index is 0.00520. The molecule has 0 heterocycles. The molecular formula is C12H14BrClO2. The molecule has 0 bridgehead atoms. The molecule has 3 unspecified atom stereocenters. The summed E-state index contributed by atoms with van der Waals surface area (Å²) in [5.74, 6) is 0.872. The van der Waals surface area contributed by atoms with Gasteiger partial charge in [0.25, 0.3) is 0 Å². The Morgan fingerprint density at radius 2 is 2.19 bits per heavy atom. The minimum atomic E-state index is 0.00520. The summed E-state index contributed by atoms with van der Waals surface area (Å²) in [6.07, 6.45) is 0.925. The van der Waals surface area contributed by atoms with E-state index in [1.165, 1.54) is 0 Å². The van der Waals surface area contributed by atoms with E-state index in [-0.39, 0.29) is 17.6 Å². The number of methoxy groups -OCH3 is 1. The zero-order valence-electron chi connectivity index (χ0n) is 9.24. The van der Waals surface area contributed by atoms with Crippen LogP contribution in [-0.4, -0.2) is 24.7 Å². The molecule has 0 aliphatic heterocycles.